The average Bonchev–Trinajstić information content (AvgIpc) is 2.45. The fourth-order valence-corrected chi connectivity index (χ4v) is 1.85. The van der Waals surface area contributed by atoms with Crippen molar-refractivity contribution in [2.24, 2.45) is 0 Å². The van der Waals surface area contributed by atoms with Gasteiger partial charge in [-0.05, 0) is 17.7 Å². The largest absolute Gasteiger partial charge is 0.478 e. The van der Waals surface area contributed by atoms with Crippen LogP contribution in [-0.4, -0.2) is 21.0 Å². The zero-order chi connectivity index (χ0) is 15.4. The number of nitrogens with one attached hydrogen (secondary N) is 2. The van der Waals surface area contributed by atoms with Gasteiger partial charge < -0.3 is 15.4 Å². The Morgan fingerprint density at radius 2 is 2.14 bits per heavy atom. The number of aromatic carboxylic acids is 1. The van der Waals surface area contributed by atoms with E-state index in [2.05, 4.69) is 15.3 Å². The summed E-state index contributed by atoms with van der Waals surface area (Å²) >= 11 is 0. The van der Waals surface area contributed by atoms with Crippen LogP contribution < -0.4 is 10.9 Å². The fraction of sp³-hybridized carbons (Fsp3) is 0.267. The smallest absolute Gasteiger partial charge is 0.335 e. The number of benzene rings is 1. The molecule has 0 amide bonds. The number of carbonyl (C=O) groups is 1. The van der Waals surface area contributed by atoms with E-state index < -0.39 is 5.97 Å². The molecule has 0 fully saturated rings. The van der Waals surface area contributed by atoms with Gasteiger partial charge in [0.1, 0.15) is 11.6 Å². The molecule has 1 aromatic carbocycles. The van der Waals surface area contributed by atoms with Gasteiger partial charge >= 0.3 is 5.97 Å². The molecule has 0 aliphatic carbocycles. The highest BCUT2D eigenvalue weighted by atomic mass is 16.4. The number of hydrogen-bond acceptors (Lipinski definition) is 4. The third-order valence-corrected chi connectivity index (χ3v) is 2.95. The lowest BCUT2D eigenvalue weighted by Crippen LogP contribution is -2.14. The summed E-state index contributed by atoms with van der Waals surface area (Å²) in [5.41, 5.74) is 0.828. The second-order valence-corrected chi connectivity index (χ2v) is 5.03. The van der Waals surface area contributed by atoms with Gasteiger partial charge in [-0.1, -0.05) is 26.0 Å². The van der Waals surface area contributed by atoms with Crippen LogP contribution in [0.3, 0.4) is 0 Å². The van der Waals surface area contributed by atoms with E-state index in [9.17, 15) is 9.59 Å². The van der Waals surface area contributed by atoms with Gasteiger partial charge in [-0.3, -0.25) is 4.79 Å². The van der Waals surface area contributed by atoms with E-state index in [-0.39, 0.29) is 17.0 Å². The molecular formula is C15H17N3O3. The molecule has 1 heterocycles. The number of rotatable bonds is 5. The van der Waals surface area contributed by atoms with Crippen LogP contribution >= 0.6 is 0 Å². The number of aromatic nitrogens is 2. The fourth-order valence-electron chi connectivity index (χ4n) is 1.85. The van der Waals surface area contributed by atoms with E-state index in [1.165, 1.54) is 12.1 Å². The lowest BCUT2D eigenvalue weighted by atomic mass is 10.1. The number of carboxylic acid groups (broad SMARTS) is 1. The van der Waals surface area contributed by atoms with Crippen molar-refractivity contribution in [2.45, 2.75) is 26.3 Å². The molecule has 0 aliphatic rings. The maximum atomic E-state index is 11.6. The predicted octanol–water partition coefficient (Wildman–Crippen LogP) is 2.20. The molecule has 21 heavy (non-hydrogen) atoms. The topological polar surface area (TPSA) is 95.1 Å². The molecule has 2 aromatic rings. The molecule has 0 unspecified atom stereocenters. The highest BCUT2D eigenvalue weighted by Gasteiger charge is 2.06. The van der Waals surface area contributed by atoms with E-state index >= 15 is 0 Å². The van der Waals surface area contributed by atoms with Crippen LogP contribution in [0.5, 0.6) is 0 Å². The van der Waals surface area contributed by atoms with Crippen molar-refractivity contribution < 1.29 is 9.90 Å². The molecule has 1 aromatic heterocycles. The highest BCUT2D eigenvalue weighted by Crippen LogP contribution is 2.11. The average molecular weight is 287 g/mol. The summed E-state index contributed by atoms with van der Waals surface area (Å²) in [6.07, 6.45) is 0. The maximum Gasteiger partial charge on any atom is 0.335 e. The number of nitrogens with zero attached hydrogens (tertiary/aromatic N) is 1. The highest BCUT2D eigenvalue weighted by molar-refractivity contribution is 5.87. The van der Waals surface area contributed by atoms with Crippen LogP contribution in [0.15, 0.2) is 35.1 Å². The van der Waals surface area contributed by atoms with Gasteiger partial charge in [0.05, 0.1) is 5.56 Å². The SMILES string of the molecule is CC(C)c1nc(NCc2cccc(C(=O)O)c2)cc(=O)[nH]1. The number of anilines is 1. The van der Waals surface area contributed by atoms with Gasteiger partial charge in [-0.15, -0.1) is 0 Å². The number of carboxylic acids is 1. The Labute approximate surface area is 121 Å². The molecule has 0 bridgehead atoms. The molecule has 0 radical (unpaired) electrons. The summed E-state index contributed by atoms with van der Waals surface area (Å²) < 4.78 is 0. The number of aromatic amines is 1. The minimum absolute atomic E-state index is 0.120. The van der Waals surface area contributed by atoms with Crippen molar-refractivity contribution in [2.75, 3.05) is 5.32 Å². The van der Waals surface area contributed by atoms with Crippen molar-refractivity contribution in [1.29, 1.82) is 0 Å². The first-order chi connectivity index (χ1) is 9.95. The summed E-state index contributed by atoms with van der Waals surface area (Å²) in [5, 5.41) is 12.0. The second-order valence-electron chi connectivity index (χ2n) is 5.03. The van der Waals surface area contributed by atoms with Gasteiger partial charge in [-0.25, -0.2) is 9.78 Å². The molecule has 0 atom stereocenters. The van der Waals surface area contributed by atoms with Gasteiger partial charge in [0, 0.05) is 18.5 Å². The van der Waals surface area contributed by atoms with Crippen molar-refractivity contribution in [3.8, 4) is 0 Å². The monoisotopic (exact) mass is 287 g/mol. The summed E-state index contributed by atoms with van der Waals surface area (Å²) in [5.74, 6) is 0.246. The van der Waals surface area contributed by atoms with Gasteiger partial charge in [-0.2, -0.15) is 0 Å². The third-order valence-electron chi connectivity index (χ3n) is 2.95. The Balaban J connectivity index is 2.14. The van der Waals surface area contributed by atoms with E-state index in [1.807, 2.05) is 19.9 Å². The Hall–Kier alpha value is -2.63. The second kappa shape index (κ2) is 6.21. The predicted molar refractivity (Wildman–Crippen MR) is 79.7 cm³/mol. The molecule has 2 rings (SSSR count). The van der Waals surface area contributed by atoms with E-state index in [4.69, 9.17) is 5.11 Å². The molecule has 3 N–H and O–H groups in total. The lowest BCUT2D eigenvalue weighted by Gasteiger charge is -2.09. The van der Waals surface area contributed by atoms with Crippen LogP contribution in [0, 0.1) is 0 Å². The van der Waals surface area contributed by atoms with Crippen molar-refractivity contribution in [3.63, 3.8) is 0 Å². The number of H-pyrrole nitrogens is 1. The summed E-state index contributed by atoms with van der Waals surface area (Å²) in [7, 11) is 0. The quantitative estimate of drug-likeness (QED) is 0.783. The Kier molecular flexibility index (Phi) is 4.37. The standard InChI is InChI=1S/C15H17N3O3/c1-9(2)14-17-12(7-13(19)18-14)16-8-10-4-3-5-11(6-10)15(20)21/h3-7,9H,8H2,1-2H3,(H,20,21)(H2,16,17,18,19). The lowest BCUT2D eigenvalue weighted by molar-refractivity contribution is 0.0697. The van der Waals surface area contributed by atoms with Crippen LogP contribution in [0.2, 0.25) is 0 Å². The Morgan fingerprint density at radius 3 is 2.81 bits per heavy atom. The van der Waals surface area contributed by atoms with Crippen LogP contribution in [0.4, 0.5) is 5.82 Å². The Morgan fingerprint density at radius 1 is 1.38 bits per heavy atom. The van der Waals surface area contributed by atoms with E-state index in [0.29, 0.717) is 18.2 Å². The van der Waals surface area contributed by atoms with Crippen molar-refractivity contribution in [1.82, 2.24) is 9.97 Å². The Bertz CT molecular complexity index is 707. The minimum atomic E-state index is -0.965. The third kappa shape index (κ3) is 3.92. The summed E-state index contributed by atoms with van der Waals surface area (Å²) in [4.78, 5) is 29.5. The summed E-state index contributed by atoms with van der Waals surface area (Å²) in [6.45, 7) is 4.28. The first-order valence-corrected chi connectivity index (χ1v) is 6.63. The molecular weight excluding hydrogens is 270 g/mol. The van der Waals surface area contributed by atoms with Crippen LogP contribution in [-0.2, 0) is 6.54 Å². The first-order valence-electron chi connectivity index (χ1n) is 6.63. The maximum absolute atomic E-state index is 11.6. The zero-order valence-electron chi connectivity index (χ0n) is 11.9. The van der Waals surface area contributed by atoms with Gasteiger partial charge in [0.2, 0.25) is 0 Å². The van der Waals surface area contributed by atoms with E-state index in [0.717, 1.165) is 5.56 Å². The summed E-state index contributed by atoms with van der Waals surface area (Å²) in [6, 6.07) is 8.01. The van der Waals surface area contributed by atoms with Gasteiger partial charge in [0.15, 0.2) is 0 Å². The zero-order valence-corrected chi connectivity index (χ0v) is 11.9. The normalized spacial score (nSPS) is 10.6. The van der Waals surface area contributed by atoms with E-state index in [1.54, 1.807) is 12.1 Å². The van der Waals surface area contributed by atoms with Crippen molar-refractivity contribution >= 4 is 11.8 Å². The van der Waals surface area contributed by atoms with Crippen LogP contribution in [0.1, 0.15) is 41.5 Å². The molecule has 6 heteroatoms. The number of hydrogen-bond donors (Lipinski definition) is 3. The first kappa shape index (κ1) is 14.8. The minimum Gasteiger partial charge on any atom is -0.478 e. The van der Waals surface area contributed by atoms with Gasteiger partial charge in [0.25, 0.3) is 5.56 Å². The molecule has 110 valence electrons. The molecule has 0 aliphatic heterocycles. The molecule has 0 saturated heterocycles. The molecule has 6 nitrogen and oxygen atoms in total. The molecule has 0 saturated carbocycles. The van der Waals surface area contributed by atoms with Crippen molar-refractivity contribution in [3.05, 3.63) is 57.6 Å². The molecule has 0 spiro atoms. The van der Waals surface area contributed by atoms with Crippen LogP contribution in [0.25, 0.3) is 0 Å².